The maximum atomic E-state index is 12.9. The lowest BCUT2D eigenvalue weighted by atomic mass is 10.1. The lowest BCUT2D eigenvalue weighted by molar-refractivity contribution is -0.119. The van der Waals surface area contributed by atoms with E-state index in [0.717, 1.165) is 4.57 Å². The largest absolute Gasteiger partial charge is 0.486 e. The number of aromatic amines is 1. The molecule has 1 aliphatic heterocycles. The first-order chi connectivity index (χ1) is 13.6. The number of carbonyl (C=O) groups excluding carboxylic acids is 1. The van der Waals surface area contributed by atoms with Crippen molar-refractivity contribution in [1.82, 2.24) is 9.55 Å². The van der Waals surface area contributed by atoms with Crippen molar-refractivity contribution in [2.75, 3.05) is 18.5 Å². The number of carbonyl (C=O) groups is 1. The average Bonchev–Trinajstić information content (AvgIpc) is 2.71. The van der Waals surface area contributed by atoms with Crippen molar-refractivity contribution in [2.24, 2.45) is 0 Å². The van der Waals surface area contributed by atoms with Crippen molar-refractivity contribution in [3.63, 3.8) is 0 Å². The lowest BCUT2D eigenvalue weighted by Gasteiger charge is -2.20. The number of rotatable bonds is 4. The van der Waals surface area contributed by atoms with E-state index < -0.39 is 23.2 Å². The van der Waals surface area contributed by atoms with Gasteiger partial charge < -0.3 is 19.8 Å². The zero-order valence-electron chi connectivity index (χ0n) is 15.2. The van der Waals surface area contributed by atoms with Gasteiger partial charge in [-0.2, -0.15) is 0 Å². The second-order valence-corrected chi connectivity index (χ2v) is 6.42. The summed E-state index contributed by atoms with van der Waals surface area (Å²) in [7, 11) is 0. The highest BCUT2D eigenvalue weighted by Crippen LogP contribution is 2.32. The van der Waals surface area contributed by atoms with Gasteiger partial charge in [-0.25, -0.2) is 9.36 Å². The van der Waals surface area contributed by atoms with Crippen LogP contribution in [0, 0.1) is 0 Å². The highest BCUT2D eigenvalue weighted by molar-refractivity contribution is 5.94. The predicted molar refractivity (Wildman–Crippen MR) is 104 cm³/mol. The Kier molecular flexibility index (Phi) is 4.60. The summed E-state index contributed by atoms with van der Waals surface area (Å²) in [6, 6.07) is 10.8. The van der Waals surface area contributed by atoms with Crippen LogP contribution in [0.1, 0.15) is 19.4 Å². The van der Waals surface area contributed by atoms with Gasteiger partial charge >= 0.3 is 5.69 Å². The molecule has 4 rings (SSSR count). The number of nitrogens with one attached hydrogen (secondary N) is 2. The molecular formula is C20H19N3O5. The molecule has 0 radical (unpaired) electrons. The molecule has 2 aromatic carbocycles. The summed E-state index contributed by atoms with van der Waals surface area (Å²) in [6.07, 6.45) is 0.276. The predicted octanol–water partition coefficient (Wildman–Crippen LogP) is 2.05. The molecule has 8 nitrogen and oxygen atoms in total. The molecule has 0 unspecified atom stereocenters. The lowest BCUT2D eigenvalue weighted by Crippen LogP contribution is -2.42. The molecule has 0 saturated heterocycles. The molecule has 1 aromatic heterocycles. The molecule has 0 aliphatic carbocycles. The Morgan fingerprint density at radius 3 is 2.68 bits per heavy atom. The first-order valence-electron chi connectivity index (χ1n) is 9.02. The van der Waals surface area contributed by atoms with Crippen LogP contribution in [0.15, 0.2) is 52.1 Å². The SMILES string of the molecule is CC[C@H](C(=O)Nc1ccc2c(c1)OCCO2)n1c(=O)[nH]c2ccccc2c1=O. The van der Waals surface area contributed by atoms with Crippen LogP contribution in [-0.2, 0) is 4.79 Å². The van der Waals surface area contributed by atoms with E-state index in [9.17, 15) is 14.4 Å². The minimum atomic E-state index is -0.950. The Morgan fingerprint density at radius 1 is 1.14 bits per heavy atom. The average molecular weight is 381 g/mol. The van der Waals surface area contributed by atoms with Gasteiger partial charge in [-0.1, -0.05) is 19.1 Å². The Bertz CT molecular complexity index is 1160. The molecule has 0 fully saturated rings. The van der Waals surface area contributed by atoms with E-state index in [1.807, 2.05) is 0 Å². The van der Waals surface area contributed by atoms with Gasteiger partial charge in [-0.3, -0.25) is 9.59 Å². The fourth-order valence-electron chi connectivity index (χ4n) is 3.29. The zero-order valence-corrected chi connectivity index (χ0v) is 15.2. The maximum Gasteiger partial charge on any atom is 0.329 e. The molecule has 0 bridgehead atoms. The van der Waals surface area contributed by atoms with Crippen LogP contribution in [-0.4, -0.2) is 28.7 Å². The standard InChI is InChI=1S/C20H19N3O5/c1-2-15(23-19(25)13-5-3-4-6-14(13)22-20(23)26)18(24)21-12-7-8-16-17(11-12)28-10-9-27-16/h3-8,11,15H,2,9-10H2,1H3,(H,21,24)(H,22,26)/t15-/m1/s1. The Labute approximate surface area is 159 Å². The van der Waals surface area contributed by atoms with Gasteiger partial charge in [0, 0.05) is 11.8 Å². The van der Waals surface area contributed by atoms with Crippen LogP contribution in [0.25, 0.3) is 10.9 Å². The molecule has 1 atom stereocenters. The van der Waals surface area contributed by atoms with Crippen LogP contribution in [0.3, 0.4) is 0 Å². The van der Waals surface area contributed by atoms with Crippen LogP contribution in [0.2, 0.25) is 0 Å². The van der Waals surface area contributed by atoms with Crippen LogP contribution >= 0.6 is 0 Å². The van der Waals surface area contributed by atoms with E-state index in [1.54, 1.807) is 49.4 Å². The number of hydrogen-bond acceptors (Lipinski definition) is 5. The monoisotopic (exact) mass is 381 g/mol. The van der Waals surface area contributed by atoms with E-state index in [0.29, 0.717) is 41.3 Å². The molecule has 0 saturated carbocycles. The van der Waals surface area contributed by atoms with Crippen molar-refractivity contribution in [2.45, 2.75) is 19.4 Å². The zero-order chi connectivity index (χ0) is 19.7. The summed E-state index contributed by atoms with van der Waals surface area (Å²) >= 11 is 0. The van der Waals surface area contributed by atoms with Crippen molar-refractivity contribution in [3.8, 4) is 11.5 Å². The van der Waals surface area contributed by atoms with Crippen molar-refractivity contribution >= 4 is 22.5 Å². The third kappa shape index (κ3) is 3.13. The molecule has 144 valence electrons. The second kappa shape index (κ2) is 7.22. The number of para-hydroxylation sites is 1. The minimum absolute atomic E-state index is 0.276. The highest BCUT2D eigenvalue weighted by Gasteiger charge is 2.24. The van der Waals surface area contributed by atoms with Crippen LogP contribution in [0.5, 0.6) is 11.5 Å². The summed E-state index contributed by atoms with van der Waals surface area (Å²) < 4.78 is 12.0. The van der Waals surface area contributed by atoms with Gasteiger partial charge in [-0.05, 0) is 30.7 Å². The first kappa shape index (κ1) is 17.8. The number of anilines is 1. The summed E-state index contributed by atoms with van der Waals surface area (Å²) in [6.45, 7) is 2.66. The molecule has 8 heteroatoms. The second-order valence-electron chi connectivity index (χ2n) is 6.42. The Morgan fingerprint density at radius 2 is 1.89 bits per heavy atom. The molecule has 1 amide bonds. The minimum Gasteiger partial charge on any atom is -0.486 e. The van der Waals surface area contributed by atoms with Crippen LogP contribution < -0.4 is 26.0 Å². The van der Waals surface area contributed by atoms with Gasteiger partial charge in [0.15, 0.2) is 11.5 Å². The molecule has 1 aliphatic rings. The number of H-pyrrole nitrogens is 1. The van der Waals surface area contributed by atoms with E-state index >= 15 is 0 Å². The Hall–Kier alpha value is -3.55. The van der Waals surface area contributed by atoms with Gasteiger partial charge in [0.25, 0.3) is 5.56 Å². The third-order valence-corrected chi connectivity index (χ3v) is 4.65. The smallest absolute Gasteiger partial charge is 0.329 e. The van der Waals surface area contributed by atoms with Crippen molar-refractivity contribution in [1.29, 1.82) is 0 Å². The van der Waals surface area contributed by atoms with Crippen LogP contribution in [0.4, 0.5) is 5.69 Å². The van der Waals surface area contributed by atoms with Gasteiger partial charge in [0.05, 0.1) is 10.9 Å². The van der Waals surface area contributed by atoms with E-state index in [1.165, 1.54) is 0 Å². The third-order valence-electron chi connectivity index (χ3n) is 4.65. The fraction of sp³-hybridized carbons (Fsp3) is 0.250. The number of nitrogens with zero attached hydrogens (tertiary/aromatic N) is 1. The molecule has 2 heterocycles. The molecule has 2 N–H and O–H groups in total. The molecule has 3 aromatic rings. The van der Waals surface area contributed by atoms with E-state index in [2.05, 4.69) is 10.3 Å². The maximum absolute atomic E-state index is 12.9. The normalized spacial score (nSPS) is 13.9. The summed E-state index contributed by atoms with van der Waals surface area (Å²) in [4.78, 5) is 40.8. The molecule has 0 spiro atoms. The Balaban J connectivity index is 1.68. The number of benzene rings is 2. The van der Waals surface area contributed by atoms with Crippen molar-refractivity contribution in [3.05, 3.63) is 63.3 Å². The van der Waals surface area contributed by atoms with E-state index in [-0.39, 0.29) is 6.42 Å². The number of hydrogen-bond donors (Lipinski definition) is 2. The molecule has 28 heavy (non-hydrogen) atoms. The van der Waals surface area contributed by atoms with E-state index in [4.69, 9.17) is 9.47 Å². The number of fused-ring (bicyclic) bond motifs is 2. The summed E-state index contributed by atoms with van der Waals surface area (Å²) in [5.74, 6) is 0.693. The quantitative estimate of drug-likeness (QED) is 0.720. The number of ether oxygens (including phenoxy) is 2. The molecular weight excluding hydrogens is 362 g/mol. The summed E-state index contributed by atoms with van der Waals surface area (Å²) in [5.41, 5.74) is -0.176. The van der Waals surface area contributed by atoms with Crippen molar-refractivity contribution < 1.29 is 14.3 Å². The number of amides is 1. The highest BCUT2D eigenvalue weighted by atomic mass is 16.6. The van der Waals surface area contributed by atoms with Gasteiger partial charge in [-0.15, -0.1) is 0 Å². The van der Waals surface area contributed by atoms with Gasteiger partial charge in [0.2, 0.25) is 5.91 Å². The topological polar surface area (TPSA) is 102 Å². The first-order valence-corrected chi connectivity index (χ1v) is 9.02. The fourth-order valence-corrected chi connectivity index (χ4v) is 3.29. The summed E-state index contributed by atoms with van der Waals surface area (Å²) in [5, 5.41) is 3.11. The number of aromatic nitrogens is 2. The van der Waals surface area contributed by atoms with Gasteiger partial charge in [0.1, 0.15) is 19.3 Å².